The second kappa shape index (κ2) is 7.86. The third-order valence-electron chi connectivity index (χ3n) is 4.12. The Hall–Kier alpha value is -2.42. The van der Waals surface area contributed by atoms with E-state index in [4.69, 9.17) is 5.11 Å². The molecule has 0 spiro atoms. The van der Waals surface area contributed by atoms with Crippen LogP contribution in [0.15, 0.2) is 33.6 Å². The van der Waals surface area contributed by atoms with Crippen LogP contribution in [0.5, 0.6) is 0 Å². The van der Waals surface area contributed by atoms with Crippen LogP contribution in [0, 0.1) is 5.92 Å². The fourth-order valence-corrected chi connectivity index (χ4v) is 3.96. The highest BCUT2D eigenvalue weighted by Gasteiger charge is 2.30. The van der Waals surface area contributed by atoms with E-state index in [-0.39, 0.29) is 23.1 Å². The van der Waals surface area contributed by atoms with E-state index in [1.54, 1.807) is 44.0 Å². The lowest BCUT2D eigenvalue weighted by Gasteiger charge is -2.20. The van der Waals surface area contributed by atoms with Crippen LogP contribution in [0.25, 0.3) is 0 Å². The summed E-state index contributed by atoms with van der Waals surface area (Å²) in [6.45, 7) is 3.86. The lowest BCUT2D eigenvalue weighted by atomic mass is 10.0. The quantitative estimate of drug-likeness (QED) is 0.730. The molecule has 0 bridgehead atoms. The summed E-state index contributed by atoms with van der Waals surface area (Å²) in [5.41, 5.74) is 0.546. The van der Waals surface area contributed by atoms with Crippen molar-refractivity contribution in [2.24, 2.45) is 10.3 Å². The molecule has 2 rings (SSSR count). The molecule has 1 aromatic carbocycles. The van der Waals surface area contributed by atoms with E-state index in [2.05, 4.69) is 9.71 Å². The number of sulfonamides is 1. The first-order valence-electron chi connectivity index (χ1n) is 8.31. The van der Waals surface area contributed by atoms with Crippen molar-refractivity contribution < 1.29 is 23.1 Å². The van der Waals surface area contributed by atoms with Gasteiger partial charge in [-0.2, -0.15) is 8.42 Å². The predicted molar refractivity (Wildman–Crippen MR) is 96.4 cm³/mol. The number of amides is 1. The molecule has 8 nitrogen and oxygen atoms in total. The van der Waals surface area contributed by atoms with Gasteiger partial charge in [-0.05, 0) is 24.5 Å². The number of amidine groups is 1. The molecule has 1 aliphatic heterocycles. The summed E-state index contributed by atoms with van der Waals surface area (Å²) in [6.07, 6.45) is 0.580. The molecule has 1 aliphatic rings. The number of carbonyl (C=O) groups excluding carboxylic acids is 1. The van der Waals surface area contributed by atoms with Gasteiger partial charge in [-0.25, -0.2) is 4.79 Å². The zero-order valence-corrected chi connectivity index (χ0v) is 15.8. The Labute approximate surface area is 153 Å². The number of carboxylic acid groups (broad SMARTS) is 1. The molecule has 2 N–H and O–H groups in total. The van der Waals surface area contributed by atoms with Gasteiger partial charge in [-0.1, -0.05) is 26.0 Å². The Kier molecular flexibility index (Phi) is 6.01. The third-order valence-corrected chi connectivity index (χ3v) is 5.45. The Morgan fingerprint density at radius 1 is 1.27 bits per heavy atom. The summed E-state index contributed by atoms with van der Waals surface area (Å²) in [6, 6.07) is 5.68. The SMILES string of the molecule is CC(C)[C@@H](NC(=O)CCCN(C)C1=NS(=O)(=O)c2ccccc21)C(=O)O. The van der Waals surface area contributed by atoms with E-state index in [1.807, 2.05) is 0 Å². The standard InChI is InChI=1S/C17H23N3O5S/c1-11(2)15(17(22)23)18-14(21)9-6-10-20(3)16-12-7-4-5-8-13(12)26(24,25)19-16/h4-5,7-8,11,15H,6,9-10H2,1-3H3,(H,18,21)(H,22,23)/t15-/m1/s1. The largest absolute Gasteiger partial charge is 0.480 e. The molecule has 1 aromatic rings. The number of carbonyl (C=O) groups is 2. The average molecular weight is 381 g/mol. The molecular weight excluding hydrogens is 358 g/mol. The zero-order valence-electron chi connectivity index (χ0n) is 15.0. The first-order valence-corrected chi connectivity index (χ1v) is 9.75. The molecule has 0 saturated carbocycles. The van der Waals surface area contributed by atoms with Crippen molar-refractivity contribution >= 4 is 27.7 Å². The van der Waals surface area contributed by atoms with Gasteiger partial charge in [-0.15, -0.1) is 4.40 Å². The Bertz CT molecular complexity index is 833. The van der Waals surface area contributed by atoms with E-state index in [9.17, 15) is 18.0 Å². The van der Waals surface area contributed by atoms with E-state index in [0.717, 1.165) is 0 Å². The second-order valence-electron chi connectivity index (χ2n) is 6.54. The highest BCUT2D eigenvalue weighted by molar-refractivity contribution is 7.90. The molecule has 26 heavy (non-hydrogen) atoms. The van der Waals surface area contributed by atoms with Crippen LogP contribution < -0.4 is 5.32 Å². The summed E-state index contributed by atoms with van der Waals surface area (Å²) >= 11 is 0. The predicted octanol–water partition coefficient (Wildman–Crippen LogP) is 1.07. The molecule has 142 valence electrons. The molecule has 1 heterocycles. The molecule has 9 heteroatoms. The van der Waals surface area contributed by atoms with Crippen LogP contribution in [0.2, 0.25) is 0 Å². The highest BCUT2D eigenvalue weighted by Crippen LogP contribution is 2.26. The number of nitrogens with one attached hydrogen (secondary N) is 1. The third kappa shape index (κ3) is 4.40. The van der Waals surface area contributed by atoms with Crippen molar-refractivity contribution in [2.45, 2.75) is 37.6 Å². The minimum absolute atomic E-state index is 0.141. The molecular formula is C17H23N3O5S. The maximum Gasteiger partial charge on any atom is 0.326 e. The van der Waals surface area contributed by atoms with Gasteiger partial charge >= 0.3 is 5.97 Å². The second-order valence-corrected chi connectivity index (χ2v) is 8.11. The van der Waals surface area contributed by atoms with Gasteiger partial charge in [0.15, 0.2) is 0 Å². The summed E-state index contributed by atoms with van der Waals surface area (Å²) in [5.74, 6) is -1.27. The Balaban J connectivity index is 1.93. The zero-order chi connectivity index (χ0) is 19.5. The average Bonchev–Trinajstić information content (AvgIpc) is 2.84. The number of fused-ring (bicyclic) bond motifs is 1. The number of benzene rings is 1. The van der Waals surface area contributed by atoms with Crippen LogP contribution in [0.3, 0.4) is 0 Å². The van der Waals surface area contributed by atoms with Crippen LogP contribution in [-0.2, 0) is 19.6 Å². The number of hydrogen-bond acceptors (Lipinski definition) is 5. The minimum Gasteiger partial charge on any atom is -0.480 e. The molecule has 0 aromatic heterocycles. The van der Waals surface area contributed by atoms with E-state index >= 15 is 0 Å². The van der Waals surface area contributed by atoms with E-state index in [0.29, 0.717) is 24.4 Å². The van der Waals surface area contributed by atoms with Crippen molar-refractivity contribution in [3.05, 3.63) is 29.8 Å². The van der Waals surface area contributed by atoms with Crippen LogP contribution >= 0.6 is 0 Å². The van der Waals surface area contributed by atoms with E-state index < -0.39 is 22.0 Å². The Morgan fingerprint density at radius 3 is 2.54 bits per heavy atom. The summed E-state index contributed by atoms with van der Waals surface area (Å²) in [4.78, 5) is 24.9. The lowest BCUT2D eigenvalue weighted by Crippen LogP contribution is -2.44. The van der Waals surface area contributed by atoms with E-state index in [1.165, 1.54) is 6.07 Å². The Morgan fingerprint density at radius 2 is 1.92 bits per heavy atom. The fourth-order valence-electron chi connectivity index (χ4n) is 2.71. The molecule has 1 atom stereocenters. The molecule has 0 aliphatic carbocycles. The van der Waals surface area contributed by atoms with Gasteiger partial charge in [-0.3, -0.25) is 4.79 Å². The number of nitrogens with zero attached hydrogens (tertiary/aromatic N) is 2. The maximum atomic E-state index is 12.1. The van der Waals surface area contributed by atoms with Gasteiger partial charge in [0.2, 0.25) is 5.91 Å². The summed E-state index contributed by atoms with van der Waals surface area (Å²) < 4.78 is 27.9. The highest BCUT2D eigenvalue weighted by atomic mass is 32.2. The van der Waals surface area contributed by atoms with Gasteiger partial charge in [0, 0.05) is 25.6 Å². The number of aliphatic carboxylic acids is 1. The number of hydrogen-bond donors (Lipinski definition) is 2. The normalized spacial score (nSPS) is 15.9. The number of carboxylic acids is 1. The van der Waals surface area contributed by atoms with Gasteiger partial charge in [0.05, 0.1) is 0 Å². The molecule has 0 unspecified atom stereocenters. The van der Waals surface area contributed by atoms with Crippen molar-refractivity contribution in [1.82, 2.24) is 10.2 Å². The van der Waals surface area contributed by atoms with Gasteiger partial charge < -0.3 is 15.3 Å². The van der Waals surface area contributed by atoms with Crippen LogP contribution in [-0.4, -0.2) is 55.8 Å². The molecule has 0 radical (unpaired) electrons. The van der Waals surface area contributed by atoms with Crippen molar-refractivity contribution in [3.8, 4) is 0 Å². The maximum absolute atomic E-state index is 12.1. The van der Waals surface area contributed by atoms with Gasteiger partial charge in [0.1, 0.15) is 16.8 Å². The summed E-state index contributed by atoms with van der Waals surface area (Å²) in [7, 11) is -1.96. The molecule has 0 saturated heterocycles. The summed E-state index contributed by atoms with van der Waals surface area (Å²) in [5, 5.41) is 11.6. The van der Waals surface area contributed by atoms with Gasteiger partial charge in [0.25, 0.3) is 10.0 Å². The molecule has 0 fully saturated rings. The monoisotopic (exact) mass is 381 g/mol. The van der Waals surface area contributed by atoms with Crippen LogP contribution in [0.1, 0.15) is 32.3 Å². The first kappa shape index (κ1) is 19.9. The van der Waals surface area contributed by atoms with Crippen molar-refractivity contribution in [3.63, 3.8) is 0 Å². The van der Waals surface area contributed by atoms with Crippen molar-refractivity contribution in [1.29, 1.82) is 0 Å². The lowest BCUT2D eigenvalue weighted by molar-refractivity contribution is -0.143. The molecule has 1 amide bonds. The van der Waals surface area contributed by atoms with Crippen LogP contribution in [0.4, 0.5) is 0 Å². The fraction of sp³-hybridized carbons (Fsp3) is 0.471. The topological polar surface area (TPSA) is 116 Å². The smallest absolute Gasteiger partial charge is 0.326 e. The van der Waals surface area contributed by atoms with Crippen molar-refractivity contribution in [2.75, 3.05) is 13.6 Å². The number of rotatable bonds is 7. The minimum atomic E-state index is -3.67. The first-order chi connectivity index (χ1) is 12.1.